The van der Waals surface area contributed by atoms with Crippen LogP contribution in [0.5, 0.6) is 0 Å². The van der Waals surface area contributed by atoms with E-state index < -0.39 is 5.97 Å². The van der Waals surface area contributed by atoms with E-state index in [4.69, 9.17) is 4.98 Å². The Labute approximate surface area is 125 Å². The number of aromatic nitrogens is 1. The molecule has 0 aliphatic heterocycles. The maximum Gasteiger partial charge on any atom is 0.336 e. The smallest absolute Gasteiger partial charge is 0.336 e. The minimum Gasteiger partial charge on any atom is -0.478 e. The van der Waals surface area contributed by atoms with Crippen LogP contribution in [-0.4, -0.2) is 16.1 Å². The Hall–Kier alpha value is -1.90. The molecular formula is C18H21NO2. The molecule has 3 heteroatoms. The van der Waals surface area contributed by atoms with Crippen molar-refractivity contribution in [1.29, 1.82) is 0 Å². The van der Waals surface area contributed by atoms with E-state index in [2.05, 4.69) is 20.8 Å². The molecule has 3 rings (SSSR count). The van der Waals surface area contributed by atoms with Gasteiger partial charge in [-0.15, -0.1) is 0 Å². The lowest BCUT2D eigenvalue weighted by atomic mass is 9.70. The van der Waals surface area contributed by atoms with E-state index in [1.165, 1.54) is 0 Å². The topological polar surface area (TPSA) is 50.2 Å². The predicted molar refractivity (Wildman–Crippen MR) is 83.8 cm³/mol. The summed E-state index contributed by atoms with van der Waals surface area (Å²) in [7, 11) is 0. The number of hydrogen-bond donors (Lipinski definition) is 1. The second kappa shape index (κ2) is 4.83. The van der Waals surface area contributed by atoms with Crippen molar-refractivity contribution >= 4 is 16.9 Å². The van der Waals surface area contributed by atoms with Crippen molar-refractivity contribution in [3.63, 3.8) is 0 Å². The molecule has 2 aromatic rings. The van der Waals surface area contributed by atoms with Gasteiger partial charge >= 0.3 is 5.97 Å². The van der Waals surface area contributed by atoms with Crippen molar-refractivity contribution in [3.05, 3.63) is 41.1 Å². The van der Waals surface area contributed by atoms with Crippen LogP contribution >= 0.6 is 0 Å². The predicted octanol–water partition coefficient (Wildman–Crippen LogP) is 4.40. The summed E-state index contributed by atoms with van der Waals surface area (Å²) in [6, 6.07) is 7.58. The van der Waals surface area contributed by atoms with Gasteiger partial charge in [0.15, 0.2) is 0 Å². The van der Waals surface area contributed by atoms with Crippen molar-refractivity contribution in [2.45, 2.75) is 46.0 Å². The van der Waals surface area contributed by atoms with Gasteiger partial charge in [-0.05, 0) is 36.3 Å². The van der Waals surface area contributed by atoms with Crippen LogP contribution in [0.25, 0.3) is 10.9 Å². The second-order valence-electron chi connectivity index (χ2n) is 6.98. The maximum absolute atomic E-state index is 11.8. The Morgan fingerprint density at radius 1 is 1.29 bits per heavy atom. The van der Waals surface area contributed by atoms with Crippen LogP contribution in [0.4, 0.5) is 0 Å². The summed E-state index contributed by atoms with van der Waals surface area (Å²) in [5, 5.41) is 10.5. The van der Waals surface area contributed by atoms with Gasteiger partial charge in [0, 0.05) is 17.0 Å². The minimum absolute atomic E-state index is 0.0976. The molecule has 1 aromatic carbocycles. The number of aromatic carboxylic acids is 1. The number of para-hydroxylation sites is 1. The lowest BCUT2D eigenvalue weighted by Crippen LogP contribution is -2.26. The average molecular weight is 283 g/mol. The van der Waals surface area contributed by atoms with E-state index in [-0.39, 0.29) is 5.41 Å². The molecule has 0 fully saturated rings. The largest absolute Gasteiger partial charge is 0.478 e. The van der Waals surface area contributed by atoms with E-state index in [0.717, 1.165) is 41.4 Å². The molecule has 1 aliphatic rings. The van der Waals surface area contributed by atoms with Crippen molar-refractivity contribution in [3.8, 4) is 0 Å². The average Bonchev–Trinajstić information content (AvgIpc) is 2.42. The van der Waals surface area contributed by atoms with Gasteiger partial charge in [-0.2, -0.15) is 0 Å². The molecule has 1 N–H and O–H groups in total. The van der Waals surface area contributed by atoms with Crippen LogP contribution in [0.3, 0.4) is 0 Å². The van der Waals surface area contributed by atoms with E-state index >= 15 is 0 Å². The molecule has 1 unspecified atom stereocenters. The fourth-order valence-corrected chi connectivity index (χ4v) is 3.52. The first-order valence-corrected chi connectivity index (χ1v) is 7.54. The summed E-state index contributed by atoms with van der Waals surface area (Å²) in [6.45, 7) is 6.64. The number of hydrogen-bond acceptors (Lipinski definition) is 2. The second-order valence-corrected chi connectivity index (χ2v) is 6.98. The molecule has 0 amide bonds. The van der Waals surface area contributed by atoms with Crippen molar-refractivity contribution < 1.29 is 9.90 Å². The van der Waals surface area contributed by atoms with E-state index in [1.807, 2.05) is 24.3 Å². The molecule has 1 aliphatic carbocycles. The Balaban J connectivity index is 2.35. The van der Waals surface area contributed by atoms with E-state index in [0.29, 0.717) is 11.5 Å². The fourth-order valence-electron chi connectivity index (χ4n) is 3.52. The maximum atomic E-state index is 11.8. The monoisotopic (exact) mass is 283 g/mol. The Bertz CT molecular complexity index is 713. The number of fused-ring (bicyclic) bond motifs is 2. The zero-order chi connectivity index (χ0) is 15.2. The minimum atomic E-state index is -0.834. The lowest BCUT2D eigenvalue weighted by molar-refractivity contribution is 0.0697. The van der Waals surface area contributed by atoms with Crippen LogP contribution in [0.2, 0.25) is 0 Å². The molecule has 21 heavy (non-hydrogen) atoms. The number of rotatable bonds is 1. The van der Waals surface area contributed by atoms with Gasteiger partial charge in [0.2, 0.25) is 0 Å². The summed E-state index contributed by atoms with van der Waals surface area (Å²) in [4.78, 5) is 16.7. The van der Waals surface area contributed by atoms with Gasteiger partial charge in [0.25, 0.3) is 0 Å². The van der Waals surface area contributed by atoms with Crippen LogP contribution in [0.15, 0.2) is 24.3 Å². The molecule has 0 bridgehead atoms. The summed E-state index contributed by atoms with van der Waals surface area (Å²) in [5.41, 5.74) is 3.31. The number of pyridine rings is 1. The third kappa shape index (κ3) is 2.31. The highest BCUT2D eigenvalue weighted by molar-refractivity contribution is 6.04. The van der Waals surface area contributed by atoms with Gasteiger partial charge in [0.1, 0.15) is 0 Å². The molecule has 0 saturated carbocycles. The van der Waals surface area contributed by atoms with E-state index in [1.54, 1.807) is 0 Å². The van der Waals surface area contributed by atoms with Gasteiger partial charge < -0.3 is 5.11 Å². The summed E-state index contributed by atoms with van der Waals surface area (Å²) >= 11 is 0. The quantitative estimate of drug-likeness (QED) is 0.844. The Kier molecular flexibility index (Phi) is 3.23. The molecule has 0 radical (unpaired) electrons. The third-order valence-electron chi connectivity index (χ3n) is 4.53. The fraction of sp³-hybridized carbons (Fsp3) is 0.444. The molecule has 0 saturated heterocycles. The molecule has 1 aromatic heterocycles. The molecule has 3 nitrogen and oxygen atoms in total. The first-order chi connectivity index (χ1) is 9.89. The van der Waals surface area contributed by atoms with Crippen LogP contribution < -0.4 is 0 Å². The van der Waals surface area contributed by atoms with Crippen molar-refractivity contribution in [2.75, 3.05) is 0 Å². The highest BCUT2D eigenvalue weighted by atomic mass is 16.4. The molecule has 110 valence electrons. The normalized spacial score (nSPS) is 18.5. The molecule has 1 atom stereocenters. The Morgan fingerprint density at radius 2 is 2.00 bits per heavy atom. The number of carboxylic acids is 1. The van der Waals surface area contributed by atoms with Crippen LogP contribution in [-0.2, 0) is 6.42 Å². The van der Waals surface area contributed by atoms with Gasteiger partial charge in [-0.25, -0.2) is 4.79 Å². The van der Waals surface area contributed by atoms with Crippen molar-refractivity contribution in [1.82, 2.24) is 4.98 Å². The summed E-state index contributed by atoms with van der Waals surface area (Å²) in [5.74, 6) is -0.511. The van der Waals surface area contributed by atoms with Crippen molar-refractivity contribution in [2.24, 2.45) is 5.41 Å². The van der Waals surface area contributed by atoms with Gasteiger partial charge in [-0.1, -0.05) is 39.0 Å². The first kappa shape index (κ1) is 14.1. The van der Waals surface area contributed by atoms with Gasteiger partial charge in [0.05, 0.1) is 11.1 Å². The zero-order valence-electron chi connectivity index (χ0n) is 12.8. The van der Waals surface area contributed by atoms with E-state index in [9.17, 15) is 9.90 Å². The number of carboxylic acid groups (broad SMARTS) is 1. The molecular weight excluding hydrogens is 262 g/mol. The molecule has 1 heterocycles. The van der Waals surface area contributed by atoms with Gasteiger partial charge in [-0.3, -0.25) is 4.98 Å². The Morgan fingerprint density at radius 3 is 2.67 bits per heavy atom. The standard InChI is InChI=1S/C18H21NO2/c1-18(2,3)13-9-6-8-12-15(17(20)21)11-7-4-5-10-14(11)19-16(12)13/h4-5,7,10,13H,6,8-9H2,1-3H3,(H,20,21). The number of carbonyl (C=O) groups is 1. The summed E-state index contributed by atoms with van der Waals surface area (Å²) in [6.07, 6.45) is 2.94. The first-order valence-electron chi connectivity index (χ1n) is 7.54. The lowest BCUT2D eigenvalue weighted by Gasteiger charge is -2.35. The van der Waals surface area contributed by atoms with Crippen LogP contribution in [0, 0.1) is 5.41 Å². The molecule has 0 spiro atoms. The third-order valence-corrected chi connectivity index (χ3v) is 4.53. The van der Waals surface area contributed by atoms with Crippen LogP contribution in [0.1, 0.15) is 61.1 Å². The highest BCUT2D eigenvalue weighted by Gasteiger charge is 2.34. The highest BCUT2D eigenvalue weighted by Crippen LogP contribution is 2.44. The SMILES string of the molecule is CC(C)(C)C1CCCc2c1nc1ccccc1c2C(=O)O. The zero-order valence-corrected chi connectivity index (χ0v) is 12.8. The number of benzene rings is 1. The number of nitrogens with zero attached hydrogens (tertiary/aromatic N) is 1. The summed E-state index contributed by atoms with van der Waals surface area (Å²) < 4.78 is 0.